The van der Waals surface area contributed by atoms with E-state index in [1.165, 1.54) is 0 Å². The molecule has 0 aliphatic rings. The normalized spacial score (nSPS) is 12.0. The van der Waals surface area contributed by atoms with Crippen LogP contribution >= 0.6 is 15.9 Å². The highest BCUT2D eigenvalue weighted by Crippen LogP contribution is 2.27. The zero-order valence-electron chi connectivity index (χ0n) is 13.5. The summed E-state index contributed by atoms with van der Waals surface area (Å²) in [5.74, 6) is 0.789. The highest BCUT2D eigenvalue weighted by Gasteiger charge is 2.18. The minimum atomic E-state index is -0.0448. The van der Waals surface area contributed by atoms with Gasteiger partial charge in [0.25, 0.3) is 0 Å². The lowest BCUT2D eigenvalue weighted by Crippen LogP contribution is -2.32. The number of hydrogen-bond acceptors (Lipinski definition) is 3. The number of carbonyl (C=O) groups excluding carboxylic acids is 1. The van der Waals surface area contributed by atoms with Crippen molar-refractivity contribution in [2.45, 2.75) is 13.0 Å². The number of ether oxygens (including phenoxy) is 1. The van der Waals surface area contributed by atoms with Gasteiger partial charge < -0.3 is 10.1 Å². The lowest BCUT2D eigenvalue weighted by molar-refractivity contribution is -0.117. The Morgan fingerprint density at radius 2 is 1.87 bits per heavy atom. The van der Waals surface area contributed by atoms with Gasteiger partial charge in [0, 0.05) is 21.8 Å². The van der Waals surface area contributed by atoms with Crippen LogP contribution in [-0.2, 0) is 4.79 Å². The number of likely N-dealkylation sites (N-methyl/N-ethyl adjacent to an activating group) is 1. The molecule has 23 heavy (non-hydrogen) atoms. The maximum absolute atomic E-state index is 12.2. The Balaban J connectivity index is 1.98. The molecule has 0 saturated carbocycles. The van der Waals surface area contributed by atoms with Crippen LogP contribution in [0.3, 0.4) is 0 Å². The first-order valence-electron chi connectivity index (χ1n) is 7.40. The molecule has 4 nitrogen and oxygen atoms in total. The van der Waals surface area contributed by atoms with Crippen LogP contribution in [-0.4, -0.2) is 31.5 Å². The molecular weight excluding hydrogens is 356 g/mol. The third-order valence-corrected chi connectivity index (χ3v) is 4.30. The predicted octanol–water partition coefficient (Wildman–Crippen LogP) is 4.09. The molecule has 1 unspecified atom stereocenters. The van der Waals surface area contributed by atoms with Gasteiger partial charge in [-0.3, -0.25) is 9.69 Å². The van der Waals surface area contributed by atoms with Gasteiger partial charge in [0.15, 0.2) is 0 Å². The molecule has 2 aromatic rings. The Kier molecular flexibility index (Phi) is 6.19. The summed E-state index contributed by atoms with van der Waals surface area (Å²) >= 11 is 3.38. The second kappa shape index (κ2) is 8.13. The van der Waals surface area contributed by atoms with Crippen molar-refractivity contribution in [3.8, 4) is 5.75 Å². The van der Waals surface area contributed by atoms with E-state index >= 15 is 0 Å². The second-order valence-electron chi connectivity index (χ2n) is 5.39. The van der Waals surface area contributed by atoms with Crippen LogP contribution in [0.4, 0.5) is 5.69 Å². The zero-order valence-corrected chi connectivity index (χ0v) is 15.1. The number of benzene rings is 2. The van der Waals surface area contributed by atoms with Gasteiger partial charge in [-0.25, -0.2) is 0 Å². The summed E-state index contributed by atoms with van der Waals surface area (Å²) in [7, 11) is 3.59. The monoisotopic (exact) mass is 376 g/mol. The highest BCUT2D eigenvalue weighted by atomic mass is 79.9. The molecule has 0 aliphatic heterocycles. The summed E-state index contributed by atoms with van der Waals surface area (Å²) in [5.41, 5.74) is 1.85. The molecule has 0 aliphatic carbocycles. The summed E-state index contributed by atoms with van der Waals surface area (Å²) in [6.07, 6.45) is 0. The van der Waals surface area contributed by atoms with Gasteiger partial charge in [0.1, 0.15) is 5.75 Å². The van der Waals surface area contributed by atoms with Crippen LogP contribution in [0, 0.1) is 0 Å². The minimum absolute atomic E-state index is 0.0448. The number of halogens is 1. The first-order chi connectivity index (χ1) is 11.0. The maximum atomic E-state index is 12.2. The van der Waals surface area contributed by atoms with Gasteiger partial charge in [-0.15, -0.1) is 0 Å². The number of methoxy groups -OCH3 is 1. The molecule has 1 N–H and O–H groups in total. The SMILES string of the molecule is COc1ccccc1C(C)N(C)CC(=O)Nc1ccc(Br)cc1. The van der Waals surface area contributed by atoms with Crippen LogP contribution < -0.4 is 10.1 Å². The van der Waals surface area contributed by atoms with Gasteiger partial charge in [0.2, 0.25) is 5.91 Å². The summed E-state index contributed by atoms with van der Waals surface area (Å²) in [6.45, 7) is 2.36. The Morgan fingerprint density at radius 3 is 2.52 bits per heavy atom. The van der Waals surface area contributed by atoms with Crippen LogP contribution in [0.1, 0.15) is 18.5 Å². The van der Waals surface area contributed by atoms with E-state index in [2.05, 4.69) is 28.2 Å². The van der Waals surface area contributed by atoms with Crippen molar-refractivity contribution in [3.63, 3.8) is 0 Å². The summed E-state index contributed by atoms with van der Waals surface area (Å²) in [4.78, 5) is 14.2. The number of anilines is 1. The van der Waals surface area contributed by atoms with Crippen molar-refractivity contribution < 1.29 is 9.53 Å². The van der Waals surface area contributed by atoms with E-state index in [9.17, 15) is 4.79 Å². The Labute approximate surface area is 145 Å². The lowest BCUT2D eigenvalue weighted by atomic mass is 10.1. The Morgan fingerprint density at radius 1 is 1.22 bits per heavy atom. The van der Waals surface area contributed by atoms with Gasteiger partial charge in [-0.05, 0) is 44.3 Å². The molecule has 2 aromatic carbocycles. The molecule has 0 fully saturated rings. The van der Waals surface area contributed by atoms with E-state index in [-0.39, 0.29) is 11.9 Å². The minimum Gasteiger partial charge on any atom is -0.496 e. The van der Waals surface area contributed by atoms with E-state index in [1.54, 1.807) is 7.11 Å². The first-order valence-corrected chi connectivity index (χ1v) is 8.19. The van der Waals surface area contributed by atoms with Crippen molar-refractivity contribution >= 4 is 27.5 Å². The van der Waals surface area contributed by atoms with Crippen LogP contribution in [0.15, 0.2) is 53.0 Å². The number of nitrogens with zero attached hydrogens (tertiary/aromatic N) is 1. The number of nitrogens with one attached hydrogen (secondary N) is 1. The Hall–Kier alpha value is -1.85. The predicted molar refractivity (Wildman–Crippen MR) is 96.8 cm³/mol. The van der Waals surface area contributed by atoms with Gasteiger partial charge in [-0.2, -0.15) is 0 Å². The standard InChI is InChI=1S/C18H21BrN2O2/c1-13(16-6-4-5-7-17(16)23-3)21(2)12-18(22)20-15-10-8-14(19)9-11-15/h4-11,13H,12H2,1-3H3,(H,20,22). The molecule has 0 saturated heterocycles. The molecule has 0 spiro atoms. The molecule has 122 valence electrons. The zero-order chi connectivity index (χ0) is 16.8. The van der Waals surface area contributed by atoms with E-state index in [4.69, 9.17) is 4.74 Å². The fourth-order valence-electron chi connectivity index (χ4n) is 2.35. The van der Waals surface area contributed by atoms with Crippen molar-refractivity contribution in [1.29, 1.82) is 0 Å². The molecule has 0 heterocycles. The van der Waals surface area contributed by atoms with E-state index in [1.807, 2.05) is 60.5 Å². The number of hydrogen-bond donors (Lipinski definition) is 1. The molecule has 1 amide bonds. The van der Waals surface area contributed by atoms with E-state index < -0.39 is 0 Å². The summed E-state index contributed by atoms with van der Waals surface area (Å²) in [6, 6.07) is 15.5. The molecule has 0 aromatic heterocycles. The average Bonchev–Trinajstić information content (AvgIpc) is 2.56. The first kappa shape index (κ1) is 17.5. The molecule has 2 rings (SSSR count). The van der Waals surface area contributed by atoms with Crippen LogP contribution in [0.25, 0.3) is 0 Å². The Bertz CT molecular complexity index is 658. The third kappa shape index (κ3) is 4.81. The third-order valence-electron chi connectivity index (χ3n) is 3.77. The molecule has 0 bridgehead atoms. The van der Waals surface area contributed by atoms with Gasteiger partial charge >= 0.3 is 0 Å². The topological polar surface area (TPSA) is 41.6 Å². The summed E-state index contributed by atoms with van der Waals surface area (Å²) in [5, 5.41) is 2.90. The van der Waals surface area contributed by atoms with Crippen molar-refractivity contribution in [2.24, 2.45) is 0 Å². The van der Waals surface area contributed by atoms with Crippen molar-refractivity contribution in [3.05, 3.63) is 58.6 Å². The number of rotatable bonds is 6. The maximum Gasteiger partial charge on any atom is 0.238 e. The highest BCUT2D eigenvalue weighted by molar-refractivity contribution is 9.10. The smallest absolute Gasteiger partial charge is 0.238 e. The number of amides is 1. The fraction of sp³-hybridized carbons (Fsp3) is 0.278. The summed E-state index contributed by atoms with van der Waals surface area (Å²) < 4.78 is 6.38. The largest absolute Gasteiger partial charge is 0.496 e. The number of para-hydroxylation sites is 1. The second-order valence-corrected chi connectivity index (χ2v) is 6.30. The van der Waals surface area contributed by atoms with E-state index in [0.29, 0.717) is 6.54 Å². The van der Waals surface area contributed by atoms with Gasteiger partial charge in [-0.1, -0.05) is 34.1 Å². The molecule has 5 heteroatoms. The van der Waals surface area contributed by atoms with Gasteiger partial charge in [0.05, 0.1) is 13.7 Å². The van der Waals surface area contributed by atoms with E-state index in [0.717, 1.165) is 21.5 Å². The van der Waals surface area contributed by atoms with Crippen molar-refractivity contribution in [1.82, 2.24) is 4.90 Å². The number of carbonyl (C=O) groups is 1. The molecular formula is C18H21BrN2O2. The lowest BCUT2D eigenvalue weighted by Gasteiger charge is -2.25. The van der Waals surface area contributed by atoms with Crippen LogP contribution in [0.5, 0.6) is 5.75 Å². The molecule has 1 atom stereocenters. The van der Waals surface area contributed by atoms with Crippen molar-refractivity contribution in [2.75, 3.05) is 26.0 Å². The fourth-order valence-corrected chi connectivity index (χ4v) is 2.61. The molecule has 0 radical (unpaired) electrons. The van der Waals surface area contributed by atoms with Crippen LogP contribution in [0.2, 0.25) is 0 Å². The quantitative estimate of drug-likeness (QED) is 0.825. The average molecular weight is 377 g/mol.